The molecule has 0 spiro atoms. The summed E-state index contributed by atoms with van der Waals surface area (Å²) in [6, 6.07) is 10.2. The maximum atomic E-state index is 13.0. The molecule has 34 heavy (non-hydrogen) atoms. The number of pyridine rings is 1. The minimum Gasteiger partial charge on any atom is -0.338 e. The van der Waals surface area contributed by atoms with Gasteiger partial charge < -0.3 is 15.2 Å². The normalized spacial score (nSPS) is 19.3. The molecule has 8 heteroatoms. The van der Waals surface area contributed by atoms with Crippen LogP contribution in [0.25, 0.3) is 10.9 Å². The van der Waals surface area contributed by atoms with Crippen LogP contribution in [0.5, 0.6) is 0 Å². The Bertz CT molecular complexity index is 1360. The standard InChI is InChI=1S/C26H28N6O2/c27-12-10-21(16-6-7-16)32-22-11-13-28-25(33)23(22)24(30-32)29-18-8-9-20-17(14-18)15-31(26(20)34)19-4-2-1-3-5-19/h8-9,11,13-14,16,19,21H,1-7,10,15H2,(H,28,33)(H,29,30). The number of amides is 1. The Hall–Kier alpha value is -3.60. The fraction of sp³-hybridized carbons (Fsp3) is 0.462. The topological polar surface area (TPSA) is 107 Å². The van der Waals surface area contributed by atoms with Gasteiger partial charge in [0, 0.05) is 30.0 Å². The largest absolute Gasteiger partial charge is 0.338 e. The second-order valence-electron chi connectivity index (χ2n) is 9.85. The number of nitrogens with zero attached hydrogens (tertiary/aromatic N) is 4. The summed E-state index contributed by atoms with van der Waals surface area (Å²) in [6.07, 6.45) is 9.96. The number of rotatable bonds is 6. The Labute approximate surface area is 197 Å². The van der Waals surface area contributed by atoms with Crippen molar-refractivity contribution in [1.82, 2.24) is 19.7 Å². The number of carbonyl (C=O) groups is 1. The maximum Gasteiger partial charge on any atom is 0.261 e. The molecule has 174 valence electrons. The van der Waals surface area contributed by atoms with Crippen molar-refractivity contribution in [1.29, 1.82) is 5.26 Å². The van der Waals surface area contributed by atoms with E-state index in [2.05, 4.69) is 16.4 Å². The molecule has 1 amide bonds. The monoisotopic (exact) mass is 456 g/mol. The number of fused-ring (bicyclic) bond motifs is 2. The number of hydrogen-bond acceptors (Lipinski definition) is 5. The Morgan fingerprint density at radius 3 is 2.74 bits per heavy atom. The first-order chi connectivity index (χ1) is 16.6. The van der Waals surface area contributed by atoms with E-state index in [1.807, 2.05) is 33.8 Å². The second-order valence-corrected chi connectivity index (χ2v) is 9.85. The van der Waals surface area contributed by atoms with Gasteiger partial charge in [-0.1, -0.05) is 19.3 Å². The molecule has 0 bridgehead atoms. The number of nitriles is 1. The molecule has 2 aliphatic carbocycles. The lowest BCUT2D eigenvalue weighted by Crippen LogP contribution is -2.36. The highest BCUT2D eigenvalue weighted by atomic mass is 16.2. The number of carbonyl (C=O) groups excluding carboxylic acids is 1. The van der Waals surface area contributed by atoms with Crippen LogP contribution in [0.2, 0.25) is 0 Å². The maximum absolute atomic E-state index is 13.0. The first-order valence-corrected chi connectivity index (χ1v) is 12.3. The van der Waals surface area contributed by atoms with Gasteiger partial charge in [0.05, 0.1) is 24.0 Å². The molecule has 3 aromatic rings. The van der Waals surface area contributed by atoms with Crippen molar-refractivity contribution >= 4 is 28.3 Å². The molecular weight excluding hydrogens is 428 g/mol. The van der Waals surface area contributed by atoms with E-state index in [4.69, 9.17) is 5.10 Å². The van der Waals surface area contributed by atoms with Gasteiger partial charge in [0.15, 0.2) is 5.82 Å². The van der Waals surface area contributed by atoms with Gasteiger partial charge in [-0.05, 0) is 61.4 Å². The van der Waals surface area contributed by atoms with Crippen molar-refractivity contribution in [3.05, 3.63) is 51.9 Å². The predicted molar refractivity (Wildman–Crippen MR) is 129 cm³/mol. The van der Waals surface area contributed by atoms with E-state index in [1.54, 1.807) is 6.20 Å². The van der Waals surface area contributed by atoms with Gasteiger partial charge >= 0.3 is 0 Å². The van der Waals surface area contributed by atoms with Crippen molar-refractivity contribution in [2.75, 3.05) is 5.32 Å². The summed E-state index contributed by atoms with van der Waals surface area (Å²) < 4.78 is 1.86. The summed E-state index contributed by atoms with van der Waals surface area (Å²) in [7, 11) is 0. The molecule has 1 aromatic carbocycles. The minimum atomic E-state index is -0.211. The Morgan fingerprint density at radius 1 is 1.15 bits per heavy atom. The zero-order valence-electron chi connectivity index (χ0n) is 19.1. The van der Waals surface area contributed by atoms with Crippen molar-refractivity contribution in [2.45, 2.75) is 70.0 Å². The number of anilines is 2. The molecule has 6 rings (SSSR count). The Kier molecular flexibility index (Phi) is 5.13. The molecule has 0 saturated heterocycles. The average Bonchev–Trinajstić information content (AvgIpc) is 3.56. The lowest BCUT2D eigenvalue weighted by molar-refractivity contribution is 0.0660. The van der Waals surface area contributed by atoms with Crippen molar-refractivity contribution < 1.29 is 4.79 Å². The van der Waals surface area contributed by atoms with Crippen LogP contribution in [0.4, 0.5) is 11.5 Å². The predicted octanol–water partition coefficient (Wildman–Crippen LogP) is 4.62. The molecule has 1 unspecified atom stereocenters. The summed E-state index contributed by atoms with van der Waals surface area (Å²) in [5, 5.41) is 18.0. The van der Waals surface area contributed by atoms with Crippen LogP contribution >= 0.6 is 0 Å². The minimum absolute atomic E-state index is 0.0356. The van der Waals surface area contributed by atoms with Crippen LogP contribution in [0.1, 0.15) is 73.3 Å². The van der Waals surface area contributed by atoms with Crippen molar-refractivity contribution in [3.63, 3.8) is 0 Å². The van der Waals surface area contributed by atoms with E-state index in [0.29, 0.717) is 36.1 Å². The molecule has 2 fully saturated rings. The summed E-state index contributed by atoms with van der Waals surface area (Å²) in [5.74, 6) is 1.03. The summed E-state index contributed by atoms with van der Waals surface area (Å²) in [6.45, 7) is 0.635. The quantitative estimate of drug-likeness (QED) is 0.563. The molecule has 3 aliphatic rings. The van der Waals surface area contributed by atoms with Crippen LogP contribution < -0.4 is 10.9 Å². The van der Waals surface area contributed by atoms with Gasteiger partial charge in [-0.3, -0.25) is 14.3 Å². The van der Waals surface area contributed by atoms with Crippen LogP contribution in [-0.2, 0) is 6.54 Å². The molecule has 2 aromatic heterocycles. The second kappa shape index (κ2) is 8.32. The average molecular weight is 457 g/mol. The van der Waals surface area contributed by atoms with Crippen LogP contribution in [0, 0.1) is 17.2 Å². The van der Waals surface area contributed by atoms with Gasteiger partial charge in [-0.2, -0.15) is 10.4 Å². The Balaban J connectivity index is 1.32. The SMILES string of the molecule is N#CCC(C1CC1)n1nc(Nc2ccc3c(c2)CN(C2CCCCC2)C3=O)c2c(=O)[nH]ccc21. The first kappa shape index (κ1) is 21.0. The number of aromatic amines is 1. The fourth-order valence-corrected chi connectivity index (χ4v) is 5.71. The number of H-pyrrole nitrogens is 1. The third-order valence-electron chi connectivity index (χ3n) is 7.63. The smallest absolute Gasteiger partial charge is 0.261 e. The highest BCUT2D eigenvalue weighted by Crippen LogP contribution is 2.43. The summed E-state index contributed by atoms with van der Waals surface area (Å²) in [5.41, 5.74) is 3.11. The molecule has 3 heterocycles. The fourth-order valence-electron chi connectivity index (χ4n) is 5.71. The molecule has 1 aliphatic heterocycles. The number of nitrogens with one attached hydrogen (secondary N) is 2. The zero-order chi connectivity index (χ0) is 23.2. The number of benzene rings is 1. The third kappa shape index (κ3) is 3.56. The summed E-state index contributed by atoms with van der Waals surface area (Å²) >= 11 is 0. The van der Waals surface area contributed by atoms with Gasteiger partial charge in [-0.15, -0.1) is 0 Å². The van der Waals surface area contributed by atoms with Gasteiger partial charge in [0.25, 0.3) is 11.5 Å². The molecule has 8 nitrogen and oxygen atoms in total. The van der Waals surface area contributed by atoms with Crippen molar-refractivity contribution in [3.8, 4) is 6.07 Å². The van der Waals surface area contributed by atoms with E-state index in [1.165, 1.54) is 19.3 Å². The molecule has 2 saturated carbocycles. The lowest BCUT2D eigenvalue weighted by atomic mass is 9.94. The number of aromatic nitrogens is 3. The van der Waals surface area contributed by atoms with Crippen LogP contribution in [0.15, 0.2) is 35.3 Å². The highest BCUT2D eigenvalue weighted by Gasteiger charge is 2.35. The molecule has 0 radical (unpaired) electrons. The van der Waals surface area contributed by atoms with E-state index in [0.717, 1.165) is 48.0 Å². The van der Waals surface area contributed by atoms with Crippen molar-refractivity contribution in [2.24, 2.45) is 5.92 Å². The Morgan fingerprint density at radius 2 is 1.97 bits per heavy atom. The zero-order valence-corrected chi connectivity index (χ0v) is 19.1. The first-order valence-electron chi connectivity index (χ1n) is 12.3. The van der Waals surface area contributed by atoms with Gasteiger partial charge in [0.1, 0.15) is 5.39 Å². The highest BCUT2D eigenvalue weighted by molar-refractivity contribution is 5.99. The van der Waals surface area contributed by atoms with Gasteiger partial charge in [-0.25, -0.2) is 0 Å². The van der Waals surface area contributed by atoms with Crippen LogP contribution in [0.3, 0.4) is 0 Å². The van der Waals surface area contributed by atoms with E-state index in [9.17, 15) is 14.9 Å². The molecule has 2 N–H and O–H groups in total. The van der Waals surface area contributed by atoms with E-state index >= 15 is 0 Å². The van der Waals surface area contributed by atoms with Gasteiger partial charge in [0.2, 0.25) is 0 Å². The van der Waals surface area contributed by atoms with Crippen LogP contribution in [-0.4, -0.2) is 31.6 Å². The summed E-state index contributed by atoms with van der Waals surface area (Å²) in [4.78, 5) is 30.6. The lowest BCUT2D eigenvalue weighted by Gasteiger charge is -2.30. The number of hydrogen-bond donors (Lipinski definition) is 2. The van der Waals surface area contributed by atoms with E-state index in [-0.39, 0.29) is 17.5 Å². The molecular formula is C26H28N6O2. The van der Waals surface area contributed by atoms with E-state index < -0.39 is 0 Å². The molecule has 1 atom stereocenters. The third-order valence-corrected chi connectivity index (χ3v) is 7.63.